The Morgan fingerprint density at radius 3 is 2.48 bits per heavy atom. The van der Waals surface area contributed by atoms with Crippen LogP contribution in [0.4, 0.5) is 0 Å². The molecule has 3 heterocycles. The number of hydrogen-bond donors (Lipinski definition) is 1. The standard InChI is InChI=1S/C22H20N4O2S/c1-15-4-3-5-21(27)26(15)19-9-7-18(8-10-19)25-13-17(24-14-25)12-23-22(28)20-11-6-16(2)29-20/h3-11,13-14H,12H2,1-2H3,(H,23,28). The van der Waals surface area contributed by atoms with Crippen molar-refractivity contribution in [2.75, 3.05) is 0 Å². The maximum Gasteiger partial charge on any atom is 0.261 e. The van der Waals surface area contributed by atoms with Gasteiger partial charge in [-0.25, -0.2) is 4.98 Å². The molecule has 0 saturated heterocycles. The van der Waals surface area contributed by atoms with Gasteiger partial charge in [-0.05, 0) is 56.3 Å². The summed E-state index contributed by atoms with van der Waals surface area (Å²) in [7, 11) is 0. The Morgan fingerprint density at radius 2 is 1.79 bits per heavy atom. The van der Waals surface area contributed by atoms with Crippen molar-refractivity contribution in [3.63, 3.8) is 0 Å². The number of aryl methyl sites for hydroxylation is 2. The highest BCUT2D eigenvalue weighted by molar-refractivity contribution is 7.13. The quantitative estimate of drug-likeness (QED) is 0.552. The van der Waals surface area contributed by atoms with Crippen LogP contribution in [0.25, 0.3) is 11.4 Å². The first-order chi connectivity index (χ1) is 14.0. The van der Waals surface area contributed by atoms with Gasteiger partial charge in [-0.15, -0.1) is 11.3 Å². The molecule has 0 saturated carbocycles. The molecule has 0 spiro atoms. The second-order valence-electron chi connectivity index (χ2n) is 6.72. The van der Waals surface area contributed by atoms with Gasteiger partial charge < -0.3 is 9.88 Å². The molecule has 1 aromatic carbocycles. The van der Waals surface area contributed by atoms with E-state index in [-0.39, 0.29) is 11.5 Å². The zero-order chi connectivity index (χ0) is 20.4. The number of imidazole rings is 1. The molecule has 0 bridgehead atoms. The highest BCUT2D eigenvalue weighted by Gasteiger charge is 2.09. The van der Waals surface area contributed by atoms with Crippen LogP contribution in [0.2, 0.25) is 0 Å². The van der Waals surface area contributed by atoms with Crippen LogP contribution in [0.1, 0.15) is 25.9 Å². The second kappa shape index (κ2) is 7.89. The largest absolute Gasteiger partial charge is 0.346 e. The van der Waals surface area contributed by atoms with E-state index >= 15 is 0 Å². The lowest BCUT2D eigenvalue weighted by molar-refractivity contribution is 0.0954. The first kappa shape index (κ1) is 18.9. The van der Waals surface area contributed by atoms with Gasteiger partial charge >= 0.3 is 0 Å². The number of pyridine rings is 1. The topological polar surface area (TPSA) is 68.9 Å². The van der Waals surface area contributed by atoms with Gasteiger partial charge in [0.2, 0.25) is 0 Å². The number of carbonyl (C=O) groups is 1. The molecular formula is C22H20N4O2S. The van der Waals surface area contributed by atoms with Crippen molar-refractivity contribution in [2.45, 2.75) is 20.4 Å². The molecule has 0 aliphatic carbocycles. The van der Waals surface area contributed by atoms with Crippen molar-refractivity contribution in [2.24, 2.45) is 0 Å². The van der Waals surface area contributed by atoms with Crippen molar-refractivity contribution in [3.8, 4) is 11.4 Å². The van der Waals surface area contributed by atoms with Crippen molar-refractivity contribution < 1.29 is 4.79 Å². The number of benzene rings is 1. The van der Waals surface area contributed by atoms with Crippen molar-refractivity contribution in [1.29, 1.82) is 0 Å². The molecule has 0 radical (unpaired) electrons. The fourth-order valence-corrected chi connectivity index (χ4v) is 3.89. The summed E-state index contributed by atoms with van der Waals surface area (Å²) in [5.41, 5.74) is 3.34. The van der Waals surface area contributed by atoms with Gasteiger partial charge in [0.15, 0.2) is 0 Å². The minimum atomic E-state index is -0.0920. The SMILES string of the molecule is Cc1ccc(C(=O)NCc2cn(-c3ccc(-n4c(C)cccc4=O)cc3)cn2)s1. The van der Waals surface area contributed by atoms with Gasteiger partial charge in [0.05, 0.1) is 23.4 Å². The highest BCUT2D eigenvalue weighted by Crippen LogP contribution is 2.16. The minimum absolute atomic E-state index is 0.0562. The van der Waals surface area contributed by atoms with E-state index in [4.69, 9.17) is 0 Å². The number of nitrogens with one attached hydrogen (secondary N) is 1. The molecular weight excluding hydrogens is 384 g/mol. The van der Waals surface area contributed by atoms with Crippen molar-refractivity contribution >= 4 is 17.2 Å². The molecule has 4 aromatic rings. The molecule has 0 fully saturated rings. The maximum atomic E-state index is 12.2. The molecule has 3 aromatic heterocycles. The normalized spacial score (nSPS) is 10.8. The summed E-state index contributed by atoms with van der Waals surface area (Å²) < 4.78 is 3.56. The second-order valence-corrected chi connectivity index (χ2v) is 8.01. The highest BCUT2D eigenvalue weighted by atomic mass is 32.1. The summed E-state index contributed by atoms with van der Waals surface area (Å²) in [5, 5.41) is 2.89. The smallest absolute Gasteiger partial charge is 0.261 e. The van der Waals surface area contributed by atoms with E-state index in [2.05, 4.69) is 10.3 Å². The number of thiophene rings is 1. The molecule has 7 heteroatoms. The van der Waals surface area contributed by atoms with Crippen LogP contribution in [0.5, 0.6) is 0 Å². The zero-order valence-electron chi connectivity index (χ0n) is 16.1. The number of hydrogen-bond acceptors (Lipinski definition) is 4. The molecule has 6 nitrogen and oxygen atoms in total. The van der Waals surface area contributed by atoms with Gasteiger partial charge in [-0.2, -0.15) is 0 Å². The summed E-state index contributed by atoms with van der Waals surface area (Å²) in [4.78, 5) is 30.5. The van der Waals surface area contributed by atoms with Gasteiger partial charge in [0.1, 0.15) is 0 Å². The van der Waals surface area contributed by atoms with E-state index in [0.717, 1.165) is 27.6 Å². The molecule has 1 amide bonds. The van der Waals surface area contributed by atoms with E-state index < -0.39 is 0 Å². The van der Waals surface area contributed by atoms with E-state index in [1.54, 1.807) is 23.0 Å². The summed E-state index contributed by atoms with van der Waals surface area (Å²) in [6.45, 7) is 4.24. The third-order valence-corrected chi connectivity index (χ3v) is 5.59. The van der Waals surface area contributed by atoms with Crippen LogP contribution in [-0.2, 0) is 6.54 Å². The number of aromatic nitrogens is 3. The van der Waals surface area contributed by atoms with Crippen LogP contribution in [0.15, 0.2) is 71.9 Å². The van der Waals surface area contributed by atoms with Crippen LogP contribution in [0, 0.1) is 13.8 Å². The Kier molecular flexibility index (Phi) is 5.14. The number of rotatable bonds is 5. The van der Waals surface area contributed by atoms with E-state index in [1.807, 2.05) is 67.1 Å². The average Bonchev–Trinajstić information content (AvgIpc) is 3.36. The van der Waals surface area contributed by atoms with Crippen molar-refractivity contribution in [3.05, 3.63) is 98.6 Å². The predicted octanol–water partition coefficient (Wildman–Crippen LogP) is 3.63. The molecule has 0 aliphatic rings. The van der Waals surface area contributed by atoms with Gasteiger partial charge in [0, 0.05) is 34.2 Å². The first-order valence-electron chi connectivity index (χ1n) is 9.18. The van der Waals surface area contributed by atoms with E-state index in [0.29, 0.717) is 11.4 Å². The maximum absolute atomic E-state index is 12.2. The Hall–Kier alpha value is -3.45. The third kappa shape index (κ3) is 4.05. The number of amides is 1. The van der Waals surface area contributed by atoms with Crippen LogP contribution < -0.4 is 10.9 Å². The van der Waals surface area contributed by atoms with E-state index in [9.17, 15) is 9.59 Å². The fourth-order valence-electron chi connectivity index (χ4n) is 3.11. The predicted molar refractivity (Wildman–Crippen MR) is 114 cm³/mol. The summed E-state index contributed by atoms with van der Waals surface area (Å²) >= 11 is 1.47. The Bertz CT molecular complexity index is 1220. The lowest BCUT2D eigenvalue weighted by Gasteiger charge is -2.10. The number of carbonyl (C=O) groups excluding carboxylic acids is 1. The number of nitrogens with zero attached hydrogens (tertiary/aromatic N) is 3. The molecule has 4 rings (SSSR count). The molecule has 29 heavy (non-hydrogen) atoms. The Morgan fingerprint density at radius 1 is 1.03 bits per heavy atom. The first-order valence-corrected chi connectivity index (χ1v) is 10.00. The molecule has 0 atom stereocenters. The monoisotopic (exact) mass is 404 g/mol. The average molecular weight is 404 g/mol. The Balaban J connectivity index is 1.47. The van der Waals surface area contributed by atoms with Gasteiger partial charge in [-0.1, -0.05) is 6.07 Å². The molecule has 0 aliphatic heterocycles. The van der Waals surface area contributed by atoms with Gasteiger partial charge in [0.25, 0.3) is 11.5 Å². The van der Waals surface area contributed by atoms with Crippen LogP contribution in [0.3, 0.4) is 0 Å². The van der Waals surface area contributed by atoms with Crippen molar-refractivity contribution in [1.82, 2.24) is 19.4 Å². The summed E-state index contributed by atoms with van der Waals surface area (Å²) in [6, 6.07) is 16.7. The van der Waals surface area contributed by atoms with Crippen LogP contribution in [-0.4, -0.2) is 20.0 Å². The summed E-state index contributed by atoms with van der Waals surface area (Å²) in [6.07, 6.45) is 3.60. The molecule has 1 N–H and O–H groups in total. The van der Waals surface area contributed by atoms with Gasteiger partial charge in [-0.3, -0.25) is 14.2 Å². The van der Waals surface area contributed by atoms with E-state index in [1.165, 1.54) is 11.3 Å². The van der Waals surface area contributed by atoms with Crippen LogP contribution >= 0.6 is 11.3 Å². The lowest BCUT2D eigenvalue weighted by atomic mass is 10.2. The Labute approximate surface area is 172 Å². The lowest BCUT2D eigenvalue weighted by Crippen LogP contribution is -2.21. The summed E-state index contributed by atoms with van der Waals surface area (Å²) in [5.74, 6) is -0.0920. The molecule has 0 unspecified atom stereocenters. The zero-order valence-corrected chi connectivity index (χ0v) is 16.9. The minimum Gasteiger partial charge on any atom is -0.346 e. The molecule has 146 valence electrons. The fraction of sp³-hybridized carbons (Fsp3) is 0.136. The third-order valence-electron chi connectivity index (χ3n) is 4.59.